The molecule has 0 fully saturated rings. The lowest BCUT2D eigenvalue weighted by Crippen LogP contribution is -2.00. The van der Waals surface area contributed by atoms with Gasteiger partial charge in [-0.15, -0.1) is 10.2 Å². The fraction of sp³-hybridized carbons (Fsp3) is 0.333. The van der Waals surface area contributed by atoms with Gasteiger partial charge in [0.1, 0.15) is 6.61 Å². The van der Waals surface area contributed by atoms with E-state index in [1.807, 2.05) is 23.7 Å². The first-order chi connectivity index (χ1) is 7.65. The van der Waals surface area contributed by atoms with Crippen LogP contribution in [0.5, 0.6) is 0 Å². The van der Waals surface area contributed by atoms with Crippen LogP contribution in [-0.4, -0.2) is 19.9 Å². The van der Waals surface area contributed by atoms with Crippen LogP contribution in [0.25, 0.3) is 11.4 Å². The van der Waals surface area contributed by atoms with Gasteiger partial charge in [-0.3, -0.25) is 0 Å². The number of benzene rings is 1. The van der Waals surface area contributed by atoms with Gasteiger partial charge >= 0.3 is 0 Å². The van der Waals surface area contributed by atoms with E-state index in [-0.39, 0.29) is 6.61 Å². The molecule has 0 aliphatic heterocycles. The fourth-order valence-electron chi connectivity index (χ4n) is 1.73. The molecular formula is C12H15N3O. The van der Waals surface area contributed by atoms with Crippen molar-refractivity contribution in [1.82, 2.24) is 14.8 Å². The normalized spacial score (nSPS) is 10.8. The highest BCUT2D eigenvalue weighted by Crippen LogP contribution is 2.23. The van der Waals surface area contributed by atoms with Crippen LogP contribution in [0.1, 0.15) is 17.0 Å². The third-order valence-electron chi connectivity index (χ3n) is 2.95. The summed E-state index contributed by atoms with van der Waals surface area (Å²) in [6.45, 7) is 4.05. The first kappa shape index (κ1) is 10.8. The highest BCUT2D eigenvalue weighted by Gasteiger charge is 2.12. The number of hydrogen-bond donors (Lipinski definition) is 1. The largest absolute Gasteiger partial charge is 0.388 e. The number of nitrogens with zero attached hydrogens (tertiary/aromatic N) is 3. The van der Waals surface area contributed by atoms with Crippen molar-refractivity contribution in [2.75, 3.05) is 0 Å². The van der Waals surface area contributed by atoms with Gasteiger partial charge in [-0.2, -0.15) is 0 Å². The molecule has 0 spiro atoms. The lowest BCUT2D eigenvalue weighted by Gasteiger charge is -2.08. The van der Waals surface area contributed by atoms with Gasteiger partial charge in [0.05, 0.1) is 0 Å². The average Bonchev–Trinajstić information content (AvgIpc) is 2.64. The van der Waals surface area contributed by atoms with Crippen molar-refractivity contribution in [1.29, 1.82) is 0 Å². The van der Waals surface area contributed by atoms with Crippen LogP contribution in [-0.2, 0) is 13.7 Å². The Morgan fingerprint density at radius 2 is 2.00 bits per heavy atom. The highest BCUT2D eigenvalue weighted by molar-refractivity contribution is 5.62. The number of rotatable bonds is 2. The molecule has 16 heavy (non-hydrogen) atoms. The monoisotopic (exact) mass is 217 g/mol. The van der Waals surface area contributed by atoms with Gasteiger partial charge in [-0.05, 0) is 25.0 Å². The minimum absolute atomic E-state index is 0.0889. The number of aromatic nitrogens is 3. The number of aliphatic hydroxyl groups is 1. The number of hydrogen-bond acceptors (Lipinski definition) is 3. The fourth-order valence-corrected chi connectivity index (χ4v) is 1.73. The topological polar surface area (TPSA) is 50.9 Å². The standard InChI is InChI=1S/C12H15N3O/c1-8-5-4-6-10(9(8)2)12-14-13-11(7-16)15(12)3/h4-6,16H,7H2,1-3H3. The summed E-state index contributed by atoms with van der Waals surface area (Å²) in [6.07, 6.45) is 0. The van der Waals surface area contributed by atoms with E-state index in [4.69, 9.17) is 5.11 Å². The number of aliphatic hydroxyl groups excluding tert-OH is 1. The Balaban J connectivity index is 2.59. The minimum atomic E-state index is -0.0889. The van der Waals surface area contributed by atoms with Crippen LogP contribution in [0.4, 0.5) is 0 Å². The molecule has 0 aliphatic rings. The van der Waals surface area contributed by atoms with E-state index in [1.54, 1.807) is 0 Å². The van der Waals surface area contributed by atoms with Crippen LogP contribution in [0.15, 0.2) is 18.2 Å². The molecule has 0 saturated carbocycles. The molecular weight excluding hydrogens is 202 g/mol. The van der Waals surface area contributed by atoms with Crippen molar-refractivity contribution in [3.05, 3.63) is 35.2 Å². The molecule has 0 atom stereocenters. The zero-order chi connectivity index (χ0) is 11.7. The van der Waals surface area contributed by atoms with Crippen molar-refractivity contribution >= 4 is 0 Å². The van der Waals surface area contributed by atoms with Gasteiger partial charge in [-0.1, -0.05) is 18.2 Å². The van der Waals surface area contributed by atoms with Gasteiger partial charge in [0.15, 0.2) is 11.6 Å². The summed E-state index contributed by atoms with van der Waals surface area (Å²) in [7, 11) is 1.86. The van der Waals surface area contributed by atoms with E-state index in [9.17, 15) is 0 Å². The van der Waals surface area contributed by atoms with Gasteiger partial charge < -0.3 is 9.67 Å². The molecule has 84 valence electrons. The van der Waals surface area contributed by atoms with Crippen LogP contribution >= 0.6 is 0 Å². The molecule has 0 saturated heterocycles. The molecule has 2 aromatic rings. The Hall–Kier alpha value is -1.68. The predicted molar refractivity (Wildman–Crippen MR) is 61.8 cm³/mol. The van der Waals surface area contributed by atoms with Gasteiger partial charge in [-0.25, -0.2) is 0 Å². The Bertz CT molecular complexity index is 517. The maximum absolute atomic E-state index is 9.08. The third kappa shape index (κ3) is 1.61. The molecule has 0 bridgehead atoms. The summed E-state index contributed by atoms with van der Waals surface area (Å²) in [6, 6.07) is 6.10. The van der Waals surface area contributed by atoms with Crippen molar-refractivity contribution < 1.29 is 5.11 Å². The summed E-state index contributed by atoms with van der Waals surface area (Å²) in [5, 5.41) is 17.1. The van der Waals surface area contributed by atoms with E-state index >= 15 is 0 Å². The van der Waals surface area contributed by atoms with Crippen LogP contribution < -0.4 is 0 Å². The maximum Gasteiger partial charge on any atom is 0.164 e. The van der Waals surface area contributed by atoms with Crippen LogP contribution in [0, 0.1) is 13.8 Å². The van der Waals surface area contributed by atoms with E-state index < -0.39 is 0 Å². The Morgan fingerprint density at radius 3 is 2.62 bits per heavy atom. The summed E-state index contributed by atoms with van der Waals surface area (Å²) < 4.78 is 1.82. The molecule has 2 rings (SSSR count). The summed E-state index contributed by atoms with van der Waals surface area (Å²) in [5.74, 6) is 1.38. The highest BCUT2D eigenvalue weighted by atomic mass is 16.3. The van der Waals surface area contributed by atoms with Crippen molar-refractivity contribution in [3.63, 3.8) is 0 Å². The van der Waals surface area contributed by atoms with E-state index in [2.05, 4.69) is 30.1 Å². The SMILES string of the molecule is Cc1cccc(-c2nnc(CO)n2C)c1C. The molecule has 4 heteroatoms. The molecule has 1 N–H and O–H groups in total. The quantitative estimate of drug-likeness (QED) is 0.831. The smallest absolute Gasteiger partial charge is 0.164 e. The van der Waals surface area contributed by atoms with E-state index in [0.717, 1.165) is 11.4 Å². The van der Waals surface area contributed by atoms with Gasteiger partial charge in [0, 0.05) is 12.6 Å². The molecule has 0 unspecified atom stereocenters. The first-order valence-electron chi connectivity index (χ1n) is 5.21. The second-order valence-electron chi connectivity index (χ2n) is 3.90. The van der Waals surface area contributed by atoms with E-state index in [1.165, 1.54) is 11.1 Å². The van der Waals surface area contributed by atoms with Gasteiger partial charge in [0.25, 0.3) is 0 Å². The second-order valence-corrected chi connectivity index (χ2v) is 3.90. The first-order valence-corrected chi connectivity index (χ1v) is 5.21. The van der Waals surface area contributed by atoms with Crippen LogP contribution in [0.2, 0.25) is 0 Å². The predicted octanol–water partition coefficient (Wildman–Crippen LogP) is 1.59. The van der Waals surface area contributed by atoms with Gasteiger partial charge in [0.2, 0.25) is 0 Å². The molecule has 0 aliphatic carbocycles. The lowest BCUT2D eigenvalue weighted by molar-refractivity contribution is 0.267. The third-order valence-corrected chi connectivity index (χ3v) is 2.95. The summed E-state index contributed by atoms with van der Waals surface area (Å²) in [5.41, 5.74) is 3.49. The maximum atomic E-state index is 9.08. The van der Waals surface area contributed by atoms with Crippen molar-refractivity contribution in [3.8, 4) is 11.4 Å². The van der Waals surface area contributed by atoms with Crippen LogP contribution in [0.3, 0.4) is 0 Å². The second kappa shape index (κ2) is 4.06. The summed E-state index contributed by atoms with van der Waals surface area (Å²) >= 11 is 0. The zero-order valence-electron chi connectivity index (χ0n) is 9.73. The Labute approximate surface area is 94.6 Å². The average molecular weight is 217 g/mol. The summed E-state index contributed by atoms with van der Waals surface area (Å²) in [4.78, 5) is 0. The molecule has 1 aromatic heterocycles. The molecule has 1 aromatic carbocycles. The molecule has 1 heterocycles. The van der Waals surface area contributed by atoms with E-state index in [0.29, 0.717) is 5.82 Å². The Morgan fingerprint density at radius 1 is 1.25 bits per heavy atom. The molecule has 4 nitrogen and oxygen atoms in total. The van der Waals surface area contributed by atoms with Crippen molar-refractivity contribution in [2.24, 2.45) is 7.05 Å². The minimum Gasteiger partial charge on any atom is -0.388 e. The molecule has 0 amide bonds. The lowest BCUT2D eigenvalue weighted by atomic mass is 10.0. The number of aryl methyl sites for hydroxylation is 1. The zero-order valence-corrected chi connectivity index (χ0v) is 9.73. The van der Waals surface area contributed by atoms with Crippen molar-refractivity contribution in [2.45, 2.75) is 20.5 Å². The Kier molecular flexibility index (Phi) is 2.75. The molecule has 0 radical (unpaired) electrons.